The number of ether oxygens (including phenoxy) is 2. The number of fused-ring (bicyclic) bond motifs is 4. The first kappa shape index (κ1) is 19.1. The molecular formula is C22H33NO3. The Kier molecular flexibility index (Phi) is 4.33. The van der Waals surface area contributed by atoms with Gasteiger partial charge in [0.15, 0.2) is 0 Å². The lowest BCUT2D eigenvalue weighted by molar-refractivity contribution is -0.0522. The van der Waals surface area contributed by atoms with Gasteiger partial charge >= 0.3 is 6.09 Å². The summed E-state index contributed by atoms with van der Waals surface area (Å²) in [5.41, 5.74) is 3.41. The number of rotatable bonds is 1. The minimum Gasteiger partial charge on any atom is -0.496 e. The van der Waals surface area contributed by atoms with Crippen molar-refractivity contribution in [2.45, 2.75) is 78.4 Å². The highest BCUT2D eigenvalue weighted by Crippen LogP contribution is 2.56. The number of hydrogen-bond acceptors (Lipinski definition) is 3. The fourth-order valence-electron chi connectivity index (χ4n) is 4.81. The lowest BCUT2D eigenvalue weighted by Crippen LogP contribution is -2.65. The van der Waals surface area contributed by atoms with E-state index in [9.17, 15) is 4.79 Å². The van der Waals surface area contributed by atoms with Crippen molar-refractivity contribution in [3.63, 3.8) is 0 Å². The van der Waals surface area contributed by atoms with Crippen LogP contribution in [0.25, 0.3) is 0 Å². The molecule has 1 aliphatic heterocycles. The van der Waals surface area contributed by atoms with E-state index in [2.05, 4.69) is 39.8 Å². The van der Waals surface area contributed by atoms with Crippen molar-refractivity contribution in [2.24, 2.45) is 5.41 Å². The molecule has 0 spiro atoms. The third kappa shape index (κ3) is 2.78. The van der Waals surface area contributed by atoms with Gasteiger partial charge in [-0.3, -0.25) is 0 Å². The fourth-order valence-corrected chi connectivity index (χ4v) is 4.81. The summed E-state index contributed by atoms with van der Waals surface area (Å²) in [5, 5.41) is 0. The van der Waals surface area contributed by atoms with Gasteiger partial charge < -0.3 is 14.4 Å². The number of likely N-dealkylation sites (tertiary alicyclic amines) is 1. The largest absolute Gasteiger partial charge is 0.496 e. The van der Waals surface area contributed by atoms with E-state index in [0.717, 1.165) is 25.1 Å². The third-order valence-electron chi connectivity index (χ3n) is 6.74. The van der Waals surface area contributed by atoms with Gasteiger partial charge in [-0.25, -0.2) is 4.79 Å². The molecule has 4 nitrogen and oxygen atoms in total. The second kappa shape index (κ2) is 5.90. The van der Waals surface area contributed by atoms with Crippen LogP contribution in [-0.4, -0.2) is 36.3 Å². The average Bonchev–Trinajstić information content (AvgIpc) is 2.49. The van der Waals surface area contributed by atoms with E-state index in [1.54, 1.807) is 7.11 Å². The summed E-state index contributed by atoms with van der Waals surface area (Å²) in [6.45, 7) is 15.6. The molecule has 0 unspecified atom stereocenters. The van der Waals surface area contributed by atoms with Crippen LogP contribution in [0, 0.1) is 12.3 Å². The Balaban J connectivity index is 2.05. The van der Waals surface area contributed by atoms with Gasteiger partial charge in [0.2, 0.25) is 0 Å². The van der Waals surface area contributed by atoms with E-state index in [-0.39, 0.29) is 23.0 Å². The van der Waals surface area contributed by atoms with Crippen LogP contribution < -0.4 is 4.74 Å². The summed E-state index contributed by atoms with van der Waals surface area (Å²) in [6.07, 6.45) is 1.59. The number of piperidine rings is 1. The monoisotopic (exact) mass is 359 g/mol. The van der Waals surface area contributed by atoms with Gasteiger partial charge in [0.05, 0.1) is 7.11 Å². The SMILES string of the molecule is COc1cc2c(cc1C)[C@]1(C)CCN(C(=O)OC(C)(C)C)[C@H](C2)C1(C)C. The molecular weight excluding hydrogens is 326 g/mol. The summed E-state index contributed by atoms with van der Waals surface area (Å²) in [5.74, 6) is 0.925. The Morgan fingerprint density at radius 1 is 1.23 bits per heavy atom. The van der Waals surface area contributed by atoms with Crippen molar-refractivity contribution in [3.8, 4) is 5.75 Å². The number of benzene rings is 1. The molecule has 1 saturated heterocycles. The lowest BCUT2D eigenvalue weighted by atomic mass is 9.51. The standard InChI is InChI=1S/C22H33NO3/c1-14-11-16-15(12-17(14)25-8)13-18-21(5,6)22(16,7)9-10-23(18)19(24)26-20(2,3)4/h11-12,18H,9-10,13H2,1-8H3/t18-,22+/m1/s1. The molecule has 1 amide bonds. The van der Waals surface area contributed by atoms with E-state index < -0.39 is 5.60 Å². The van der Waals surface area contributed by atoms with Crippen LogP contribution >= 0.6 is 0 Å². The van der Waals surface area contributed by atoms with Gasteiger partial charge in [0.1, 0.15) is 11.4 Å². The molecule has 1 heterocycles. The van der Waals surface area contributed by atoms with E-state index in [1.807, 2.05) is 25.7 Å². The van der Waals surface area contributed by atoms with Crippen molar-refractivity contribution in [1.29, 1.82) is 0 Å². The van der Waals surface area contributed by atoms with Crippen LogP contribution in [0.3, 0.4) is 0 Å². The topological polar surface area (TPSA) is 38.8 Å². The first-order valence-electron chi connectivity index (χ1n) is 9.58. The molecule has 0 saturated carbocycles. The maximum Gasteiger partial charge on any atom is 0.410 e. The Morgan fingerprint density at radius 3 is 2.46 bits per heavy atom. The molecule has 0 radical (unpaired) electrons. The van der Waals surface area contributed by atoms with E-state index in [4.69, 9.17) is 9.47 Å². The fraction of sp³-hybridized carbons (Fsp3) is 0.682. The molecule has 2 aliphatic rings. The summed E-state index contributed by atoms with van der Waals surface area (Å²) >= 11 is 0. The number of amides is 1. The minimum absolute atomic E-state index is 0.0286. The molecule has 4 heteroatoms. The number of carbonyl (C=O) groups excluding carboxylic acids is 1. The van der Waals surface area contributed by atoms with Crippen molar-refractivity contribution < 1.29 is 14.3 Å². The normalized spacial score (nSPS) is 26.9. The third-order valence-corrected chi connectivity index (χ3v) is 6.74. The predicted octanol–water partition coefficient (Wildman–Crippen LogP) is 4.85. The lowest BCUT2D eigenvalue weighted by Gasteiger charge is -2.60. The molecule has 3 rings (SSSR count). The molecule has 1 aromatic rings. The highest BCUT2D eigenvalue weighted by molar-refractivity contribution is 5.69. The summed E-state index contributed by atoms with van der Waals surface area (Å²) in [7, 11) is 1.72. The van der Waals surface area contributed by atoms with Gasteiger partial charge in [-0.2, -0.15) is 0 Å². The molecule has 144 valence electrons. The molecule has 1 fully saturated rings. The number of carbonyl (C=O) groups is 1. The summed E-state index contributed by atoms with van der Waals surface area (Å²) in [4.78, 5) is 14.8. The van der Waals surface area contributed by atoms with Crippen molar-refractivity contribution in [1.82, 2.24) is 4.90 Å². The number of hydrogen-bond donors (Lipinski definition) is 0. The minimum atomic E-state index is -0.477. The zero-order valence-corrected chi connectivity index (χ0v) is 17.5. The molecule has 1 aliphatic carbocycles. The molecule has 0 N–H and O–H groups in total. The van der Waals surface area contributed by atoms with Crippen molar-refractivity contribution in [2.75, 3.05) is 13.7 Å². The first-order valence-corrected chi connectivity index (χ1v) is 9.58. The number of nitrogens with zero attached hydrogens (tertiary/aromatic N) is 1. The quantitative estimate of drug-likeness (QED) is 0.719. The van der Waals surface area contributed by atoms with Crippen molar-refractivity contribution in [3.05, 3.63) is 28.8 Å². The van der Waals surface area contributed by atoms with Crippen LogP contribution in [0.2, 0.25) is 0 Å². The molecule has 26 heavy (non-hydrogen) atoms. The number of aryl methyl sites for hydroxylation is 1. The Labute approximate surface area is 157 Å². The zero-order chi connectivity index (χ0) is 19.5. The van der Waals surface area contributed by atoms with E-state index >= 15 is 0 Å². The van der Waals surface area contributed by atoms with Crippen LogP contribution in [0.4, 0.5) is 4.79 Å². The van der Waals surface area contributed by atoms with Gasteiger partial charge in [-0.1, -0.05) is 26.8 Å². The summed E-state index contributed by atoms with van der Waals surface area (Å²) in [6, 6.07) is 4.59. The van der Waals surface area contributed by atoms with Crippen LogP contribution in [0.5, 0.6) is 5.75 Å². The maximum absolute atomic E-state index is 12.9. The second-order valence-corrected chi connectivity index (χ2v) is 9.68. The van der Waals surface area contributed by atoms with Gasteiger partial charge in [0.25, 0.3) is 0 Å². The molecule has 0 aromatic heterocycles. The Morgan fingerprint density at radius 2 is 1.88 bits per heavy atom. The molecule has 2 bridgehead atoms. The zero-order valence-electron chi connectivity index (χ0n) is 17.5. The van der Waals surface area contributed by atoms with Crippen LogP contribution in [0.1, 0.15) is 64.7 Å². The molecule has 1 aromatic carbocycles. The Bertz CT molecular complexity index is 732. The van der Waals surface area contributed by atoms with Crippen LogP contribution in [-0.2, 0) is 16.6 Å². The summed E-state index contributed by atoms with van der Waals surface area (Å²) < 4.78 is 11.3. The van der Waals surface area contributed by atoms with Crippen molar-refractivity contribution >= 4 is 6.09 Å². The number of methoxy groups -OCH3 is 1. The smallest absolute Gasteiger partial charge is 0.410 e. The van der Waals surface area contributed by atoms with E-state index in [1.165, 1.54) is 16.7 Å². The Hall–Kier alpha value is -1.71. The first-order chi connectivity index (χ1) is 11.9. The van der Waals surface area contributed by atoms with Gasteiger partial charge in [-0.15, -0.1) is 0 Å². The van der Waals surface area contributed by atoms with E-state index in [0.29, 0.717) is 0 Å². The predicted molar refractivity (Wildman–Crippen MR) is 104 cm³/mol. The highest BCUT2D eigenvalue weighted by Gasteiger charge is 2.57. The van der Waals surface area contributed by atoms with Crippen LogP contribution in [0.15, 0.2) is 12.1 Å². The average molecular weight is 360 g/mol. The van der Waals surface area contributed by atoms with Gasteiger partial charge in [-0.05, 0) is 68.7 Å². The maximum atomic E-state index is 12.9. The second-order valence-electron chi connectivity index (χ2n) is 9.68. The molecule has 2 atom stereocenters. The van der Waals surface area contributed by atoms with Gasteiger partial charge in [0, 0.05) is 18.0 Å². The highest BCUT2D eigenvalue weighted by atomic mass is 16.6.